The van der Waals surface area contributed by atoms with Gasteiger partial charge in [-0.1, -0.05) is 40.4 Å². The largest absolute Gasteiger partial charge is 0.284 e. The van der Waals surface area contributed by atoms with Crippen molar-refractivity contribution in [2.45, 2.75) is 11.8 Å². The Morgan fingerprint density at radius 1 is 1.00 bits per heavy atom. The van der Waals surface area contributed by atoms with Crippen LogP contribution in [0.4, 0.5) is 0 Å². The zero-order valence-corrected chi connectivity index (χ0v) is 13.9. The first kappa shape index (κ1) is 14.4. The van der Waals surface area contributed by atoms with Gasteiger partial charge in [0.2, 0.25) is 11.3 Å². The number of fused-ring (bicyclic) bond motifs is 2. The van der Waals surface area contributed by atoms with E-state index in [2.05, 4.69) is 29.3 Å². The van der Waals surface area contributed by atoms with Crippen molar-refractivity contribution in [3.05, 3.63) is 33.8 Å². The molecule has 0 aliphatic carbocycles. The lowest BCUT2D eigenvalue weighted by Crippen LogP contribution is -2.01. The molecule has 0 saturated carbocycles. The summed E-state index contributed by atoms with van der Waals surface area (Å²) in [6.45, 7) is 1.89. The third-order valence-electron chi connectivity index (χ3n) is 2.93. The molecular weight excluding hydrogens is 358 g/mol. The number of rotatable bonds is 2. The molecule has 3 aromatic heterocycles. The second-order valence-corrected chi connectivity index (χ2v) is 8.41. The van der Waals surface area contributed by atoms with E-state index in [9.17, 15) is 8.42 Å². The first-order chi connectivity index (χ1) is 11.0. The van der Waals surface area contributed by atoms with Crippen LogP contribution in [0.25, 0.3) is 21.0 Å². The van der Waals surface area contributed by atoms with E-state index in [0.717, 1.165) is 28.2 Å². The Kier molecular flexibility index (Phi) is 3.21. The SMILES string of the molecule is Cc1ccc(S(=O)(=O)N=c2sc3nc4nonc4nc3s2)cc1. The Morgan fingerprint density at radius 2 is 1.57 bits per heavy atom. The fraction of sp³-hybridized carbons (Fsp3) is 0.0833. The molecule has 0 radical (unpaired) electrons. The fourth-order valence-corrected chi connectivity index (χ4v) is 5.25. The average molecular weight is 365 g/mol. The van der Waals surface area contributed by atoms with Gasteiger partial charge in [-0.2, -0.15) is 8.42 Å². The van der Waals surface area contributed by atoms with Crippen molar-refractivity contribution >= 4 is 53.7 Å². The van der Waals surface area contributed by atoms with Crippen LogP contribution in [0.15, 0.2) is 38.2 Å². The summed E-state index contributed by atoms with van der Waals surface area (Å²) < 4.78 is 33.4. The number of hydrogen-bond donors (Lipinski definition) is 0. The van der Waals surface area contributed by atoms with Crippen molar-refractivity contribution < 1.29 is 13.0 Å². The highest BCUT2D eigenvalue weighted by atomic mass is 32.2. The summed E-state index contributed by atoms with van der Waals surface area (Å²) >= 11 is 2.26. The first-order valence-electron chi connectivity index (χ1n) is 6.29. The summed E-state index contributed by atoms with van der Waals surface area (Å²) in [5.41, 5.74) is 1.53. The number of hydrogen-bond acceptors (Lipinski definition) is 9. The molecule has 116 valence electrons. The van der Waals surface area contributed by atoms with Gasteiger partial charge < -0.3 is 0 Å². The highest BCUT2D eigenvalue weighted by Gasteiger charge is 2.14. The quantitative estimate of drug-likeness (QED) is 0.533. The van der Waals surface area contributed by atoms with Crippen molar-refractivity contribution in [1.29, 1.82) is 0 Å². The van der Waals surface area contributed by atoms with Crippen LogP contribution in [-0.4, -0.2) is 28.7 Å². The van der Waals surface area contributed by atoms with Gasteiger partial charge in [-0.3, -0.25) is 0 Å². The van der Waals surface area contributed by atoms with Gasteiger partial charge in [-0.15, -0.1) is 4.40 Å². The molecule has 0 saturated heterocycles. The van der Waals surface area contributed by atoms with Crippen LogP contribution in [0.2, 0.25) is 0 Å². The van der Waals surface area contributed by atoms with Gasteiger partial charge in [0.25, 0.3) is 10.0 Å². The van der Waals surface area contributed by atoms with Gasteiger partial charge in [0.05, 0.1) is 4.90 Å². The molecule has 0 bridgehead atoms. The van der Waals surface area contributed by atoms with Gasteiger partial charge in [0.15, 0.2) is 13.6 Å². The number of sulfonamides is 1. The Morgan fingerprint density at radius 3 is 2.13 bits per heavy atom. The standard InChI is InChI=1S/C12H7N5O3S3/c1-6-2-4-7(5-3-6)23(18,19)17-12-21-10-11(22-12)14-9-8(13-10)15-20-16-9/h2-5H,1H3. The van der Waals surface area contributed by atoms with Crippen LogP contribution < -0.4 is 3.98 Å². The Balaban J connectivity index is 1.86. The monoisotopic (exact) mass is 365 g/mol. The van der Waals surface area contributed by atoms with Crippen molar-refractivity contribution in [2.24, 2.45) is 4.40 Å². The van der Waals surface area contributed by atoms with Crippen molar-refractivity contribution in [2.75, 3.05) is 0 Å². The molecule has 8 nitrogen and oxygen atoms in total. The second kappa shape index (κ2) is 5.15. The van der Waals surface area contributed by atoms with Crippen LogP contribution in [0.3, 0.4) is 0 Å². The predicted octanol–water partition coefficient (Wildman–Crippen LogP) is 1.89. The maximum atomic E-state index is 12.3. The van der Waals surface area contributed by atoms with E-state index in [1.165, 1.54) is 12.1 Å². The maximum Gasteiger partial charge on any atom is 0.284 e. The molecule has 0 aliphatic rings. The van der Waals surface area contributed by atoms with Crippen molar-refractivity contribution in [3.63, 3.8) is 0 Å². The van der Waals surface area contributed by atoms with Crippen LogP contribution >= 0.6 is 22.7 Å². The molecule has 1 aromatic carbocycles. The Hall–Kier alpha value is -2.24. The van der Waals surface area contributed by atoms with E-state index in [1.54, 1.807) is 12.1 Å². The van der Waals surface area contributed by atoms with Gasteiger partial charge in [-0.25, -0.2) is 14.6 Å². The molecule has 0 fully saturated rings. The molecule has 0 amide bonds. The zero-order valence-electron chi connectivity index (χ0n) is 11.5. The molecule has 4 rings (SSSR count). The molecule has 0 aliphatic heterocycles. The molecule has 3 heterocycles. The van der Waals surface area contributed by atoms with Gasteiger partial charge in [0.1, 0.15) is 0 Å². The van der Waals surface area contributed by atoms with E-state index in [0.29, 0.717) is 13.6 Å². The molecule has 4 aromatic rings. The van der Waals surface area contributed by atoms with Crippen molar-refractivity contribution in [1.82, 2.24) is 20.3 Å². The minimum Gasteiger partial charge on any atom is -0.240 e. The smallest absolute Gasteiger partial charge is 0.240 e. The van der Waals surface area contributed by atoms with E-state index >= 15 is 0 Å². The predicted molar refractivity (Wildman–Crippen MR) is 84.6 cm³/mol. The van der Waals surface area contributed by atoms with Gasteiger partial charge >= 0.3 is 0 Å². The molecule has 23 heavy (non-hydrogen) atoms. The Labute approximate surface area is 137 Å². The first-order valence-corrected chi connectivity index (χ1v) is 9.36. The minimum atomic E-state index is -3.77. The topological polar surface area (TPSA) is 111 Å². The lowest BCUT2D eigenvalue weighted by Gasteiger charge is -1.97. The number of benzene rings is 1. The van der Waals surface area contributed by atoms with Crippen LogP contribution in [-0.2, 0) is 10.0 Å². The van der Waals surface area contributed by atoms with E-state index in [-0.39, 0.29) is 16.2 Å². The van der Waals surface area contributed by atoms with E-state index < -0.39 is 10.0 Å². The molecule has 0 unspecified atom stereocenters. The number of nitrogens with zero attached hydrogens (tertiary/aromatic N) is 5. The maximum absolute atomic E-state index is 12.3. The highest BCUT2D eigenvalue weighted by molar-refractivity contribution is 7.90. The fourth-order valence-electron chi connectivity index (χ4n) is 1.83. The lowest BCUT2D eigenvalue weighted by atomic mass is 10.2. The third kappa shape index (κ3) is 2.62. The normalized spacial score (nSPS) is 12.0. The molecular formula is C12H7N5O3S3. The molecule has 11 heteroatoms. The van der Waals surface area contributed by atoms with Gasteiger partial charge in [0, 0.05) is 0 Å². The molecule has 0 spiro atoms. The van der Waals surface area contributed by atoms with E-state index in [1.807, 2.05) is 6.92 Å². The minimum absolute atomic E-state index is 0.148. The highest BCUT2D eigenvalue weighted by Crippen LogP contribution is 2.20. The van der Waals surface area contributed by atoms with Crippen LogP contribution in [0.1, 0.15) is 5.56 Å². The third-order valence-corrected chi connectivity index (χ3v) is 6.57. The summed E-state index contributed by atoms with van der Waals surface area (Å²) in [7, 11) is -3.77. The summed E-state index contributed by atoms with van der Waals surface area (Å²) in [4.78, 5) is 9.66. The Bertz CT molecular complexity index is 1140. The van der Waals surface area contributed by atoms with Crippen LogP contribution in [0.5, 0.6) is 0 Å². The number of aryl methyl sites for hydroxylation is 1. The second-order valence-electron chi connectivity index (χ2n) is 4.59. The summed E-state index contributed by atoms with van der Waals surface area (Å²) in [5, 5.41) is 7.22. The molecule has 0 N–H and O–H groups in total. The number of aromatic nitrogens is 4. The summed E-state index contributed by atoms with van der Waals surface area (Å²) in [6, 6.07) is 6.53. The molecule has 0 atom stereocenters. The summed E-state index contributed by atoms with van der Waals surface area (Å²) in [5.74, 6) is 0. The van der Waals surface area contributed by atoms with Crippen molar-refractivity contribution in [3.8, 4) is 0 Å². The summed E-state index contributed by atoms with van der Waals surface area (Å²) in [6.07, 6.45) is 0. The van der Waals surface area contributed by atoms with Gasteiger partial charge in [-0.05, 0) is 29.4 Å². The lowest BCUT2D eigenvalue weighted by molar-refractivity contribution is 0.314. The van der Waals surface area contributed by atoms with E-state index in [4.69, 9.17) is 0 Å². The van der Waals surface area contributed by atoms with Crippen LogP contribution in [0, 0.1) is 6.92 Å². The zero-order chi connectivity index (χ0) is 16.0. The average Bonchev–Trinajstić information content (AvgIpc) is 3.09.